The first-order valence-corrected chi connectivity index (χ1v) is 18.0. The Labute approximate surface area is 261 Å². The predicted molar refractivity (Wildman–Crippen MR) is 175 cm³/mol. The molecule has 2 bridgehead atoms. The molecule has 2 aromatic rings. The molecule has 5 atom stereocenters. The molecule has 2 amide bonds. The van der Waals surface area contributed by atoms with E-state index in [9.17, 15) is 13.8 Å². The number of aryl methyl sites for hydroxylation is 1. The number of fused-ring (bicyclic) bond motifs is 4. The van der Waals surface area contributed by atoms with Gasteiger partial charge in [0.25, 0.3) is 5.91 Å². The van der Waals surface area contributed by atoms with Gasteiger partial charge in [-0.15, -0.1) is 0 Å². The minimum Gasteiger partial charge on any atom is -0.490 e. The van der Waals surface area contributed by atoms with Crippen molar-refractivity contribution in [1.82, 2.24) is 9.62 Å². The van der Waals surface area contributed by atoms with Gasteiger partial charge in [-0.2, -0.15) is 0 Å². The summed E-state index contributed by atoms with van der Waals surface area (Å²) in [7, 11) is -0.836. The molecule has 2 aromatic carbocycles. The van der Waals surface area contributed by atoms with E-state index in [1.165, 1.54) is 11.1 Å². The molecule has 7 nitrogen and oxygen atoms in total. The summed E-state index contributed by atoms with van der Waals surface area (Å²) in [5.74, 6) is 5.55. The zero-order chi connectivity index (χ0) is 30.4. The van der Waals surface area contributed by atoms with E-state index in [0.29, 0.717) is 36.2 Å². The van der Waals surface area contributed by atoms with Crippen LogP contribution in [0.2, 0.25) is 5.02 Å². The standard InChI is InChI=1S/C34H44ClN3O4S/c1-23(39)37(2)30-9-5-4-6-17-43(3,41)36-33(40)25-11-15-32-31(19-25)38(20-26-10-13-28(26)30)21-34(22-42-32)16-7-8-24-18-27(35)12-14-29(24)34/h11-12,14-15,18-19,26,28,30H,3-10,13,16-17,20-22H2,1-2H3,(H,36,40,41)/t26-,28+,30+,34-,43?/m0/s1. The molecule has 9 heteroatoms. The van der Waals surface area contributed by atoms with E-state index >= 15 is 0 Å². The number of hydrogen-bond acceptors (Lipinski definition) is 5. The van der Waals surface area contributed by atoms with Gasteiger partial charge in [0.2, 0.25) is 5.91 Å². The average Bonchev–Trinajstić information content (AvgIpc) is 3.10. The molecule has 4 aliphatic rings. The third-order valence-electron chi connectivity index (χ3n) is 10.5. The lowest BCUT2D eigenvalue weighted by Gasteiger charge is -2.48. The van der Waals surface area contributed by atoms with Gasteiger partial charge in [-0.3, -0.25) is 14.3 Å². The maximum atomic E-state index is 13.4. The summed E-state index contributed by atoms with van der Waals surface area (Å²) in [6, 6.07) is 12.0. The van der Waals surface area contributed by atoms with Gasteiger partial charge in [0.05, 0.1) is 12.3 Å². The maximum Gasteiger partial charge on any atom is 0.262 e. The molecule has 2 aliphatic carbocycles. The second-order valence-electron chi connectivity index (χ2n) is 13.3. The number of halogens is 1. The van der Waals surface area contributed by atoms with E-state index in [0.717, 1.165) is 80.9 Å². The molecule has 0 saturated heterocycles. The SMILES string of the molecule is C=S1(=O)CCCCC[C@@H](N(C)C(C)=O)[C@@H]2CC[C@H]2CN2C[C@@]3(CCCc4cc(Cl)ccc43)COc3ccc(cc32)C(=O)N1. The minimum absolute atomic E-state index is 0.100. The smallest absolute Gasteiger partial charge is 0.262 e. The molecule has 1 N–H and O–H groups in total. The van der Waals surface area contributed by atoms with E-state index in [4.69, 9.17) is 16.3 Å². The quantitative estimate of drug-likeness (QED) is 0.416. The molecular weight excluding hydrogens is 582 g/mol. The minimum atomic E-state index is -2.78. The number of nitrogens with one attached hydrogen (secondary N) is 1. The van der Waals surface area contributed by atoms with Gasteiger partial charge < -0.3 is 14.5 Å². The number of ether oxygens (including phenoxy) is 1. The fraction of sp³-hybridized carbons (Fsp3) is 0.559. The zero-order valence-electron chi connectivity index (χ0n) is 25.4. The van der Waals surface area contributed by atoms with Crippen molar-refractivity contribution >= 4 is 44.7 Å². The average molecular weight is 626 g/mol. The lowest BCUT2D eigenvalue weighted by molar-refractivity contribution is -0.132. The molecule has 1 saturated carbocycles. The highest BCUT2D eigenvalue weighted by Gasteiger charge is 2.45. The summed E-state index contributed by atoms with van der Waals surface area (Å²) >= 11 is 6.43. The van der Waals surface area contributed by atoms with Crippen LogP contribution in [-0.2, 0) is 26.3 Å². The Morgan fingerprint density at radius 3 is 2.74 bits per heavy atom. The van der Waals surface area contributed by atoms with Crippen LogP contribution >= 0.6 is 11.6 Å². The molecular formula is C34H44ClN3O4S. The van der Waals surface area contributed by atoms with Gasteiger partial charge in [-0.1, -0.05) is 30.5 Å². The van der Waals surface area contributed by atoms with Crippen LogP contribution in [0.3, 0.4) is 0 Å². The van der Waals surface area contributed by atoms with Crippen LogP contribution in [-0.4, -0.2) is 65.3 Å². The van der Waals surface area contributed by atoms with Crippen LogP contribution in [0, 0.1) is 11.8 Å². The van der Waals surface area contributed by atoms with Gasteiger partial charge in [-0.25, -0.2) is 4.21 Å². The number of amides is 2. The van der Waals surface area contributed by atoms with Crippen molar-refractivity contribution in [2.45, 2.75) is 76.2 Å². The fourth-order valence-corrected chi connectivity index (χ4v) is 9.36. The molecule has 1 unspecified atom stereocenters. The number of nitrogens with zero attached hydrogens (tertiary/aromatic N) is 2. The molecule has 2 aliphatic heterocycles. The van der Waals surface area contributed by atoms with Crippen LogP contribution < -0.4 is 14.4 Å². The first-order valence-electron chi connectivity index (χ1n) is 15.8. The second kappa shape index (κ2) is 12.0. The normalized spacial score (nSPS) is 31.0. The fourth-order valence-electron chi connectivity index (χ4n) is 7.94. The summed E-state index contributed by atoms with van der Waals surface area (Å²) in [5.41, 5.74) is 3.74. The molecule has 0 radical (unpaired) electrons. The summed E-state index contributed by atoms with van der Waals surface area (Å²) in [6.07, 6.45) is 8.75. The highest BCUT2D eigenvalue weighted by molar-refractivity contribution is 7.99. The van der Waals surface area contributed by atoms with E-state index in [1.54, 1.807) is 13.0 Å². The van der Waals surface area contributed by atoms with Crippen molar-refractivity contribution in [3.8, 4) is 5.75 Å². The Kier molecular flexibility index (Phi) is 8.46. The van der Waals surface area contributed by atoms with E-state index in [1.807, 2.05) is 30.1 Å². The maximum absolute atomic E-state index is 13.4. The van der Waals surface area contributed by atoms with Gasteiger partial charge in [-0.05, 0) is 104 Å². The number of carbonyl (C=O) groups excluding carboxylic acids is 2. The van der Waals surface area contributed by atoms with Crippen molar-refractivity contribution < 1.29 is 18.5 Å². The second-order valence-corrected chi connectivity index (χ2v) is 16.0. The van der Waals surface area contributed by atoms with Crippen LogP contribution in [0.5, 0.6) is 5.75 Å². The molecule has 1 spiro atoms. The first kappa shape index (κ1) is 30.3. The van der Waals surface area contributed by atoms with Crippen LogP contribution in [0.1, 0.15) is 79.8 Å². The third kappa shape index (κ3) is 6.15. The van der Waals surface area contributed by atoms with Gasteiger partial charge >= 0.3 is 0 Å². The molecule has 2 heterocycles. The first-order chi connectivity index (χ1) is 20.6. The zero-order valence-corrected chi connectivity index (χ0v) is 27.0. The van der Waals surface area contributed by atoms with Crippen molar-refractivity contribution in [3.63, 3.8) is 0 Å². The van der Waals surface area contributed by atoms with Crippen molar-refractivity contribution in [3.05, 3.63) is 58.1 Å². The molecule has 43 heavy (non-hydrogen) atoms. The monoisotopic (exact) mass is 625 g/mol. The highest BCUT2D eigenvalue weighted by Crippen LogP contribution is 2.47. The Balaban J connectivity index is 1.42. The van der Waals surface area contributed by atoms with Gasteiger partial charge in [0, 0.05) is 64.6 Å². The molecule has 6 rings (SSSR count). The largest absolute Gasteiger partial charge is 0.490 e. The van der Waals surface area contributed by atoms with E-state index in [2.05, 4.69) is 27.6 Å². The Hall–Kier alpha value is -2.71. The number of rotatable bonds is 1. The van der Waals surface area contributed by atoms with Gasteiger partial charge in [0.15, 0.2) is 0 Å². The number of carbonyl (C=O) groups is 2. The van der Waals surface area contributed by atoms with Crippen LogP contribution in [0.15, 0.2) is 36.4 Å². The Morgan fingerprint density at radius 1 is 1.14 bits per heavy atom. The summed E-state index contributed by atoms with van der Waals surface area (Å²) < 4.78 is 22.6. The summed E-state index contributed by atoms with van der Waals surface area (Å²) in [5, 5.41) is 0.759. The molecule has 0 aromatic heterocycles. The molecule has 1 fully saturated rings. The van der Waals surface area contributed by atoms with Gasteiger partial charge in [0.1, 0.15) is 5.75 Å². The predicted octanol–water partition coefficient (Wildman–Crippen LogP) is 5.62. The van der Waals surface area contributed by atoms with Crippen LogP contribution in [0.4, 0.5) is 5.69 Å². The van der Waals surface area contributed by atoms with E-state index < -0.39 is 9.71 Å². The van der Waals surface area contributed by atoms with Crippen molar-refractivity contribution in [1.29, 1.82) is 0 Å². The van der Waals surface area contributed by atoms with Crippen molar-refractivity contribution in [2.24, 2.45) is 11.8 Å². The summed E-state index contributed by atoms with van der Waals surface area (Å²) in [6.45, 7) is 3.80. The van der Waals surface area contributed by atoms with Crippen LogP contribution in [0.25, 0.3) is 0 Å². The number of anilines is 1. The Morgan fingerprint density at radius 2 is 1.98 bits per heavy atom. The lowest BCUT2D eigenvalue weighted by atomic mass is 9.67. The topological polar surface area (TPSA) is 79.0 Å². The highest BCUT2D eigenvalue weighted by atomic mass is 35.5. The number of benzene rings is 2. The summed E-state index contributed by atoms with van der Waals surface area (Å²) in [4.78, 5) is 30.3. The molecule has 232 valence electrons. The van der Waals surface area contributed by atoms with Crippen molar-refractivity contribution in [2.75, 3.05) is 37.4 Å². The number of hydrogen-bond donors (Lipinski definition) is 1. The Bertz CT molecular complexity index is 1510. The lowest BCUT2D eigenvalue weighted by Crippen LogP contribution is -2.52. The van der Waals surface area contributed by atoms with E-state index in [-0.39, 0.29) is 23.3 Å². The third-order valence-corrected chi connectivity index (χ3v) is 12.2.